The molecule has 1 aliphatic heterocycles. The molecule has 0 radical (unpaired) electrons. The van der Waals surface area contributed by atoms with Crippen molar-refractivity contribution in [2.75, 3.05) is 11.9 Å². The predicted molar refractivity (Wildman–Crippen MR) is 58.2 cm³/mol. The standard InChI is InChI=1S/C11H12N4/c1-2-9-6-10(15-7-13-14-8-15)3-4-11(9)12-5-1/h3-4,6-8,12H,1-2,5H2. The maximum atomic E-state index is 3.81. The highest BCUT2D eigenvalue weighted by molar-refractivity contribution is 5.57. The van der Waals surface area contributed by atoms with Crippen molar-refractivity contribution in [2.24, 2.45) is 0 Å². The third-order valence-corrected chi connectivity index (χ3v) is 2.74. The van der Waals surface area contributed by atoms with E-state index in [4.69, 9.17) is 0 Å². The Morgan fingerprint density at radius 1 is 1.20 bits per heavy atom. The van der Waals surface area contributed by atoms with E-state index in [0.29, 0.717) is 0 Å². The van der Waals surface area contributed by atoms with Crippen molar-refractivity contribution in [1.82, 2.24) is 14.8 Å². The van der Waals surface area contributed by atoms with Crippen LogP contribution in [0.25, 0.3) is 5.69 Å². The topological polar surface area (TPSA) is 42.7 Å². The van der Waals surface area contributed by atoms with Gasteiger partial charge in [-0.15, -0.1) is 10.2 Å². The van der Waals surface area contributed by atoms with Crippen LogP contribution >= 0.6 is 0 Å². The van der Waals surface area contributed by atoms with Crippen LogP contribution in [0.5, 0.6) is 0 Å². The van der Waals surface area contributed by atoms with Crippen LogP contribution in [0.15, 0.2) is 30.9 Å². The summed E-state index contributed by atoms with van der Waals surface area (Å²) in [6.07, 6.45) is 5.80. The first-order valence-electron chi connectivity index (χ1n) is 5.15. The Labute approximate surface area is 88.0 Å². The smallest absolute Gasteiger partial charge is 0.123 e. The lowest BCUT2D eigenvalue weighted by Crippen LogP contribution is -2.11. The number of fused-ring (bicyclic) bond motifs is 1. The molecule has 4 heteroatoms. The minimum Gasteiger partial charge on any atom is -0.385 e. The second-order valence-electron chi connectivity index (χ2n) is 3.74. The zero-order chi connectivity index (χ0) is 10.1. The molecule has 0 unspecified atom stereocenters. The molecular formula is C11H12N4. The molecule has 0 saturated carbocycles. The molecule has 0 atom stereocenters. The number of hydrogen-bond donors (Lipinski definition) is 1. The van der Waals surface area contributed by atoms with Gasteiger partial charge in [0.25, 0.3) is 0 Å². The van der Waals surface area contributed by atoms with Gasteiger partial charge in [0, 0.05) is 17.9 Å². The van der Waals surface area contributed by atoms with E-state index in [9.17, 15) is 0 Å². The molecule has 1 aromatic carbocycles. The van der Waals surface area contributed by atoms with Crippen LogP contribution in [0.4, 0.5) is 5.69 Å². The Bertz CT molecular complexity index is 461. The number of aryl methyl sites for hydroxylation is 1. The summed E-state index contributed by atoms with van der Waals surface area (Å²) in [5, 5.41) is 11.0. The Kier molecular flexibility index (Phi) is 1.91. The van der Waals surface area contributed by atoms with Crippen molar-refractivity contribution in [1.29, 1.82) is 0 Å². The van der Waals surface area contributed by atoms with Gasteiger partial charge in [0.2, 0.25) is 0 Å². The van der Waals surface area contributed by atoms with Crippen LogP contribution in [0.2, 0.25) is 0 Å². The van der Waals surface area contributed by atoms with Gasteiger partial charge in [0.05, 0.1) is 0 Å². The van der Waals surface area contributed by atoms with Crippen molar-refractivity contribution in [3.8, 4) is 5.69 Å². The van der Waals surface area contributed by atoms with Gasteiger partial charge in [-0.3, -0.25) is 4.57 Å². The van der Waals surface area contributed by atoms with Crippen molar-refractivity contribution < 1.29 is 0 Å². The highest BCUT2D eigenvalue weighted by Crippen LogP contribution is 2.24. The number of anilines is 1. The fraction of sp³-hybridized carbons (Fsp3) is 0.273. The van der Waals surface area contributed by atoms with E-state index in [-0.39, 0.29) is 0 Å². The van der Waals surface area contributed by atoms with Crippen molar-refractivity contribution >= 4 is 5.69 Å². The molecule has 2 aromatic rings. The van der Waals surface area contributed by atoms with Crippen LogP contribution in [-0.4, -0.2) is 21.3 Å². The van der Waals surface area contributed by atoms with Gasteiger partial charge >= 0.3 is 0 Å². The third kappa shape index (κ3) is 1.48. The molecule has 0 fully saturated rings. The molecule has 76 valence electrons. The second kappa shape index (κ2) is 3.38. The van der Waals surface area contributed by atoms with Crippen molar-refractivity contribution in [3.05, 3.63) is 36.4 Å². The SMILES string of the molecule is c1cc2c(cc1-n1cnnc1)CCCN2. The Morgan fingerprint density at radius 2 is 2.07 bits per heavy atom. The average Bonchev–Trinajstić information content (AvgIpc) is 2.82. The lowest BCUT2D eigenvalue weighted by Gasteiger charge is -2.18. The highest BCUT2D eigenvalue weighted by Gasteiger charge is 2.09. The summed E-state index contributed by atoms with van der Waals surface area (Å²) in [5.41, 5.74) is 3.77. The molecule has 15 heavy (non-hydrogen) atoms. The van der Waals surface area contributed by atoms with E-state index >= 15 is 0 Å². The highest BCUT2D eigenvalue weighted by atomic mass is 15.2. The van der Waals surface area contributed by atoms with Crippen LogP contribution < -0.4 is 5.32 Å². The van der Waals surface area contributed by atoms with Gasteiger partial charge in [-0.25, -0.2) is 0 Å². The molecule has 1 aliphatic rings. The van der Waals surface area contributed by atoms with E-state index < -0.39 is 0 Å². The molecule has 4 nitrogen and oxygen atoms in total. The maximum absolute atomic E-state index is 3.81. The summed E-state index contributed by atoms with van der Waals surface area (Å²) < 4.78 is 1.93. The number of nitrogens with zero attached hydrogens (tertiary/aromatic N) is 3. The summed E-state index contributed by atoms with van der Waals surface area (Å²) in [6.45, 7) is 1.08. The van der Waals surface area contributed by atoms with Crippen LogP contribution in [0.3, 0.4) is 0 Å². The van der Waals surface area contributed by atoms with Crippen LogP contribution in [0, 0.1) is 0 Å². The van der Waals surface area contributed by atoms with E-state index in [1.165, 1.54) is 17.7 Å². The fourth-order valence-electron chi connectivity index (χ4n) is 1.96. The first-order valence-corrected chi connectivity index (χ1v) is 5.15. The number of aromatic nitrogens is 3. The monoisotopic (exact) mass is 200 g/mol. The van der Waals surface area contributed by atoms with Gasteiger partial charge in [0.15, 0.2) is 0 Å². The molecule has 1 N–H and O–H groups in total. The molecule has 3 rings (SSSR count). The number of hydrogen-bond acceptors (Lipinski definition) is 3. The van der Waals surface area contributed by atoms with Gasteiger partial charge in [-0.2, -0.15) is 0 Å². The zero-order valence-corrected chi connectivity index (χ0v) is 8.35. The quantitative estimate of drug-likeness (QED) is 0.760. The molecule has 1 aromatic heterocycles. The Hall–Kier alpha value is -1.84. The first kappa shape index (κ1) is 8.47. The third-order valence-electron chi connectivity index (χ3n) is 2.74. The van der Waals surface area contributed by atoms with Gasteiger partial charge < -0.3 is 5.32 Å². The van der Waals surface area contributed by atoms with E-state index in [1.54, 1.807) is 12.7 Å². The lowest BCUT2D eigenvalue weighted by atomic mass is 10.0. The van der Waals surface area contributed by atoms with E-state index in [2.05, 4.69) is 33.7 Å². The Morgan fingerprint density at radius 3 is 2.93 bits per heavy atom. The summed E-state index contributed by atoms with van der Waals surface area (Å²) >= 11 is 0. The van der Waals surface area contributed by atoms with Crippen LogP contribution in [-0.2, 0) is 6.42 Å². The van der Waals surface area contributed by atoms with Gasteiger partial charge in [-0.1, -0.05) is 0 Å². The summed E-state index contributed by atoms with van der Waals surface area (Å²) in [7, 11) is 0. The number of nitrogens with one attached hydrogen (secondary N) is 1. The second-order valence-corrected chi connectivity index (χ2v) is 3.74. The van der Waals surface area contributed by atoms with E-state index in [0.717, 1.165) is 18.7 Å². The fourth-order valence-corrected chi connectivity index (χ4v) is 1.96. The minimum absolute atomic E-state index is 1.08. The summed E-state index contributed by atoms with van der Waals surface area (Å²) in [5.74, 6) is 0. The molecule has 0 bridgehead atoms. The van der Waals surface area contributed by atoms with Crippen molar-refractivity contribution in [2.45, 2.75) is 12.8 Å². The molecule has 0 saturated heterocycles. The Balaban J connectivity index is 2.04. The molecule has 2 heterocycles. The van der Waals surface area contributed by atoms with Gasteiger partial charge in [0.1, 0.15) is 12.7 Å². The number of rotatable bonds is 1. The maximum Gasteiger partial charge on any atom is 0.123 e. The normalized spacial score (nSPS) is 14.4. The molecule has 0 aliphatic carbocycles. The van der Waals surface area contributed by atoms with Crippen LogP contribution in [0.1, 0.15) is 12.0 Å². The summed E-state index contributed by atoms with van der Waals surface area (Å²) in [6, 6.07) is 6.41. The molecular weight excluding hydrogens is 188 g/mol. The van der Waals surface area contributed by atoms with Crippen molar-refractivity contribution in [3.63, 3.8) is 0 Å². The lowest BCUT2D eigenvalue weighted by molar-refractivity contribution is 0.828. The minimum atomic E-state index is 1.08. The number of benzene rings is 1. The largest absolute Gasteiger partial charge is 0.385 e. The predicted octanol–water partition coefficient (Wildman–Crippen LogP) is 1.63. The first-order chi connectivity index (χ1) is 7.43. The summed E-state index contributed by atoms with van der Waals surface area (Å²) in [4.78, 5) is 0. The van der Waals surface area contributed by atoms with E-state index in [1.807, 2.05) is 4.57 Å². The molecule has 0 spiro atoms. The molecule has 0 amide bonds. The zero-order valence-electron chi connectivity index (χ0n) is 8.35. The average molecular weight is 200 g/mol. The van der Waals surface area contributed by atoms with Gasteiger partial charge in [-0.05, 0) is 36.6 Å².